The van der Waals surface area contributed by atoms with E-state index >= 15 is 0 Å². The Kier molecular flexibility index (Phi) is 3.39. The normalized spacial score (nSPS) is 12.6. The molecule has 0 amide bonds. The summed E-state index contributed by atoms with van der Waals surface area (Å²) in [5, 5.41) is 11.2. The molecule has 4 heteroatoms. The van der Waals surface area contributed by atoms with Crippen LogP contribution in [0.2, 0.25) is 0 Å². The highest BCUT2D eigenvalue weighted by molar-refractivity contribution is 5.83. The molecule has 106 valence electrons. The SMILES string of the molecule is Cc1cc(C(O)c2ccc(F)cc2F)c2ccccc2n1. The third kappa shape index (κ3) is 2.50. The molecule has 3 aromatic rings. The van der Waals surface area contributed by atoms with E-state index in [4.69, 9.17) is 0 Å². The molecular formula is C17H13F2NO. The summed E-state index contributed by atoms with van der Waals surface area (Å²) in [5.41, 5.74) is 2.06. The molecule has 1 aromatic heterocycles. The molecule has 0 radical (unpaired) electrons. The molecule has 0 bridgehead atoms. The van der Waals surface area contributed by atoms with Gasteiger partial charge >= 0.3 is 0 Å². The maximum absolute atomic E-state index is 13.9. The average Bonchev–Trinajstić information content (AvgIpc) is 2.45. The van der Waals surface area contributed by atoms with E-state index in [1.165, 1.54) is 6.07 Å². The van der Waals surface area contributed by atoms with Crippen LogP contribution in [0.5, 0.6) is 0 Å². The molecule has 0 saturated carbocycles. The van der Waals surface area contributed by atoms with E-state index in [2.05, 4.69) is 4.98 Å². The number of aliphatic hydroxyl groups is 1. The summed E-state index contributed by atoms with van der Waals surface area (Å²) < 4.78 is 26.9. The van der Waals surface area contributed by atoms with Gasteiger partial charge in [-0.25, -0.2) is 8.78 Å². The maximum atomic E-state index is 13.9. The second-order valence-corrected chi connectivity index (χ2v) is 4.94. The zero-order valence-electron chi connectivity index (χ0n) is 11.3. The highest BCUT2D eigenvalue weighted by atomic mass is 19.1. The van der Waals surface area contributed by atoms with Crippen molar-refractivity contribution in [3.8, 4) is 0 Å². The summed E-state index contributed by atoms with van der Waals surface area (Å²) in [7, 11) is 0. The molecule has 2 aromatic carbocycles. The van der Waals surface area contributed by atoms with Gasteiger partial charge in [-0.3, -0.25) is 4.98 Å². The zero-order valence-corrected chi connectivity index (χ0v) is 11.3. The number of benzene rings is 2. The van der Waals surface area contributed by atoms with Gasteiger partial charge in [0.25, 0.3) is 0 Å². The summed E-state index contributed by atoms with van der Waals surface area (Å²) in [5.74, 6) is -1.43. The molecule has 1 atom stereocenters. The molecule has 0 aliphatic heterocycles. The minimum absolute atomic E-state index is 0.0483. The van der Waals surface area contributed by atoms with Crippen LogP contribution in [0, 0.1) is 18.6 Å². The highest BCUT2D eigenvalue weighted by Crippen LogP contribution is 2.30. The van der Waals surface area contributed by atoms with E-state index in [1.807, 2.05) is 31.2 Å². The van der Waals surface area contributed by atoms with Gasteiger partial charge in [-0.05, 0) is 30.7 Å². The van der Waals surface area contributed by atoms with E-state index in [0.29, 0.717) is 5.56 Å². The Bertz CT molecular complexity index is 817. The van der Waals surface area contributed by atoms with E-state index < -0.39 is 17.7 Å². The largest absolute Gasteiger partial charge is 0.384 e. The third-order valence-electron chi connectivity index (χ3n) is 3.43. The molecule has 2 nitrogen and oxygen atoms in total. The second kappa shape index (κ2) is 5.22. The van der Waals surface area contributed by atoms with Crippen LogP contribution < -0.4 is 0 Å². The number of fused-ring (bicyclic) bond motifs is 1. The van der Waals surface area contributed by atoms with Crippen molar-refractivity contribution < 1.29 is 13.9 Å². The second-order valence-electron chi connectivity index (χ2n) is 4.94. The zero-order chi connectivity index (χ0) is 15.0. The first kappa shape index (κ1) is 13.6. The Balaban J connectivity index is 2.19. The fourth-order valence-corrected chi connectivity index (χ4v) is 2.46. The van der Waals surface area contributed by atoms with Gasteiger partial charge in [-0.2, -0.15) is 0 Å². The van der Waals surface area contributed by atoms with Gasteiger partial charge in [0, 0.05) is 22.7 Å². The molecule has 1 N–H and O–H groups in total. The number of aryl methyl sites for hydroxylation is 1. The summed E-state index contributed by atoms with van der Waals surface area (Å²) in [6.07, 6.45) is -1.17. The smallest absolute Gasteiger partial charge is 0.132 e. The topological polar surface area (TPSA) is 33.1 Å². The van der Waals surface area contributed by atoms with E-state index in [0.717, 1.165) is 28.7 Å². The van der Waals surface area contributed by atoms with Gasteiger partial charge in [0.1, 0.15) is 17.7 Å². The van der Waals surface area contributed by atoms with Gasteiger partial charge < -0.3 is 5.11 Å². The molecule has 0 saturated heterocycles. The standard InChI is InChI=1S/C17H13F2NO/c1-10-8-14(12-4-2-3-5-16(12)20-10)17(21)13-7-6-11(18)9-15(13)19/h2-9,17,21H,1H3. The molecule has 0 aliphatic rings. The van der Waals surface area contributed by atoms with Gasteiger partial charge in [0.05, 0.1) is 5.52 Å². The highest BCUT2D eigenvalue weighted by Gasteiger charge is 2.18. The first-order chi connectivity index (χ1) is 10.1. The van der Waals surface area contributed by atoms with Crippen LogP contribution in [0.3, 0.4) is 0 Å². The lowest BCUT2D eigenvalue weighted by Crippen LogP contribution is -2.05. The number of pyridine rings is 1. The summed E-state index contributed by atoms with van der Waals surface area (Å²) in [6.45, 7) is 1.81. The monoisotopic (exact) mass is 285 g/mol. The minimum Gasteiger partial charge on any atom is -0.384 e. The van der Waals surface area contributed by atoms with Gasteiger partial charge in [0.2, 0.25) is 0 Å². The van der Waals surface area contributed by atoms with Gasteiger partial charge in [-0.1, -0.05) is 24.3 Å². The molecule has 3 rings (SSSR count). The quantitative estimate of drug-likeness (QED) is 0.774. The van der Waals surface area contributed by atoms with Crippen molar-refractivity contribution in [2.75, 3.05) is 0 Å². The van der Waals surface area contributed by atoms with Crippen molar-refractivity contribution in [2.24, 2.45) is 0 Å². The van der Waals surface area contributed by atoms with Gasteiger partial charge in [0.15, 0.2) is 0 Å². The lowest BCUT2D eigenvalue weighted by atomic mass is 9.97. The van der Waals surface area contributed by atoms with Crippen LogP contribution >= 0.6 is 0 Å². The van der Waals surface area contributed by atoms with Crippen molar-refractivity contribution in [1.29, 1.82) is 0 Å². The molecular weight excluding hydrogens is 272 g/mol. The first-order valence-electron chi connectivity index (χ1n) is 6.55. The molecule has 0 spiro atoms. The number of aliphatic hydroxyl groups excluding tert-OH is 1. The summed E-state index contributed by atoms with van der Waals surface area (Å²) in [4.78, 5) is 4.38. The van der Waals surface area contributed by atoms with Crippen molar-refractivity contribution in [2.45, 2.75) is 13.0 Å². The number of para-hydroxylation sites is 1. The van der Waals surface area contributed by atoms with Crippen LogP contribution in [-0.4, -0.2) is 10.1 Å². The predicted molar refractivity (Wildman–Crippen MR) is 76.9 cm³/mol. The molecule has 1 unspecified atom stereocenters. The van der Waals surface area contributed by atoms with Crippen molar-refractivity contribution in [1.82, 2.24) is 4.98 Å². The van der Waals surface area contributed by atoms with E-state index in [1.54, 1.807) is 6.07 Å². The summed E-state index contributed by atoms with van der Waals surface area (Å²) in [6, 6.07) is 12.2. The van der Waals surface area contributed by atoms with Crippen LogP contribution in [0.15, 0.2) is 48.5 Å². The molecule has 0 aliphatic carbocycles. The van der Waals surface area contributed by atoms with Crippen molar-refractivity contribution in [3.63, 3.8) is 0 Å². The van der Waals surface area contributed by atoms with Crippen LogP contribution in [0.4, 0.5) is 8.78 Å². The maximum Gasteiger partial charge on any atom is 0.132 e. The lowest BCUT2D eigenvalue weighted by molar-refractivity contribution is 0.216. The first-order valence-corrected chi connectivity index (χ1v) is 6.55. The Morgan fingerprint density at radius 2 is 1.76 bits per heavy atom. The number of nitrogens with zero attached hydrogens (tertiary/aromatic N) is 1. The lowest BCUT2D eigenvalue weighted by Gasteiger charge is -2.15. The molecule has 1 heterocycles. The Hall–Kier alpha value is -2.33. The third-order valence-corrected chi connectivity index (χ3v) is 3.43. The van der Waals surface area contributed by atoms with E-state index in [-0.39, 0.29) is 5.56 Å². The number of aromatic nitrogens is 1. The van der Waals surface area contributed by atoms with Crippen LogP contribution in [0.1, 0.15) is 22.9 Å². The van der Waals surface area contributed by atoms with Crippen molar-refractivity contribution >= 4 is 10.9 Å². The van der Waals surface area contributed by atoms with Crippen molar-refractivity contribution in [3.05, 3.63) is 77.0 Å². The molecule has 0 fully saturated rings. The average molecular weight is 285 g/mol. The van der Waals surface area contributed by atoms with Gasteiger partial charge in [-0.15, -0.1) is 0 Å². The predicted octanol–water partition coefficient (Wildman–Crippen LogP) is 3.90. The molecule has 21 heavy (non-hydrogen) atoms. The number of halogens is 2. The van der Waals surface area contributed by atoms with Crippen LogP contribution in [0.25, 0.3) is 10.9 Å². The summed E-state index contributed by atoms with van der Waals surface area (Å²) >= 11 is 0. The minimum atomic E-state index is -1.17. The fraction of sp³-hybridized carbons (Fsp3) is 0.118. The Labute approximate surface area is 120 Å². The number of hydrogen-bond acceptors (Lipinski definition) is 2. The van der Waals surface area contributed by atoms with Crippen LogP contribution in [-0.2, 0) is 0 Å². The Morgan fingerprint density at radius 1 is 1.00 bits per heavy atom. The Morgan fingerprint density at radius 3 is 2.52 bits per heavy atom. The van der Waals surface area contributed by atoms with E-state index in [9.17, 15) is 13.9 Å². The number of hydrogen-bond donors (Lipinski definition) is 1. The fourth-order valence-electron chi connectivity index (χ4n) is 2.46. The number of rotatable bonds is 2.